The molecule has 0 aromatic rings. The minimum absolute atomic E-state index is 0.0837. The first-order valence-corrected chi connectivity index (χ1v) is 3.86. The molecule has 1 rings (SSSR count). The van der Waals surface area contributed by atoms with Gasteiger partial charge < -0.3 is 16.8 Å². The van der Waals surface area contributed by atoms with Crippen molar-refractivity contribution in [3.63, 3.8) is 0 Å². The quantitative estimate of drug-likeness (QED) is 0.470. The van der Waals surface area contributed by atoms with Crippen molar-refractivity contribution in [3.8, 4) is 0 Å². The highest BCUT2D eigenvalue weighted by atomic mass is 16.2. The maximum atomic E-state index is 10.9. The molecular formula is C7H13N3O2. The van der Waals surface area contributed by atoms with Crippen LogP contribution in [0, 0.1) is 0 Å². The van der Waals surface area contributed by atoms with Crippen molar-refractivity contribution in [3.05, 3.63) is 0 Å². The van der Waals surface area contributed by atoms with Crippen molar-refractivity contribution < 1.29 is 9.59 Å². The molecule has 1 heterocycles. The molecule has 1 aliphatic heterocycles. The molecule has 1 unspecified atom stereocenters. The van der Waals surface area contributed by atoms with E-state index >= 15 is 0 Å². The van der Waals surface area contributed by atoms with E-state index in [1.165, 1.54) is 0 Å². The Morgan fingerprint density at radius 1 is 1.67 bits per heavy atom. The van der Waals surface area contributed by atoms with E-state index < -0.39 is 11.4 Å². The standard InChI is InChI=1S/C7H13N3O2/c8-5(11)3-7(9)1-2-10-6(12)4-7/h1-4,9H2,(H2,8,11)(H,10,12). The monoisotopic (exact) mass is 171 g/mol. The van der Waals surface area contributed by atoms with Crippen LogP contribution in [-0.2, 0) is 9.59 Å². The molecule has 0 aromatic carbocycles. The van der Waals surface area contributed by atoms with Crippen molar-refractivity contribution in [1.29, 1.82) is 0 Å². The molecule has 0 aliphatic carbocycles. The molecule has 0 spiro atoms. The van der Waals surface area contributed by atoms with Crippen molar-refractivity contribution in [2.45, 2.75) is 24.8 Å². The maximum absolute atomic E-state index is 10.9. The predicted octanol–water partition coefficient (Wildman–Crippen LogP) is -1.53. The summed E-state index contributed by atoms with van der Waals surface area (Å²) in [6, 6.07) is 0. The Morgan fingerprint density at radius 2 is 2.33 bits per heavy atom. The van der Waals surface area contributed by atoms with Crippen LogP contribution in [-0.4, -0.2) is 23.9 Å². The lowest BCUT2D eigenvalue weighted by molar-refractivity contribution is -0.125. The summed E-state index contributed by atoms with van der Waals surface area (Å²) in [4.78, 5) is 21.5. The van der Waals surface area contributed by atoms with E-state index in [1.807, 2.05) is 0 Å². The summed E-state index contributed by atoms with van der Waals surface area (Å²) in [5, 5.41) is 2.64. The van der Waals surface area contributed by atoms with Gasteiger partial charge in [-0.3, -0.25) is 9.59 Å². The number of nitrogens with two attached hydrogens (primary N) is 2. The number of hydrogen-bond acceptors (Lipinski definition) is 3. The highest BCUT2D eigenvalue weighted by Gasteiger charge is 2.32. The van der Waals surface area contributed by atoms with Gasteiger partial charge in [0.15, 0.2) is 0 Å². The second kappa shape index (κ2) is 3.10. The molecule has 0 bridgehead atoms. The van der Waals surface area contributed by atoms with Crippen LogP contribution in [0.1, 0.15) is 19.3 Å². The Kier molecular flexibility index (Phi) is 2.32. The van der Waals surface area contributed by atoms with E-state index in [9.17, 15) is 9.59 Å². The van der Waals surface area contributed by atoms with Gasteiger partial charge in [0.25, 0.3) is 0 Å². The van der Waals surface area contributed by atoms with Gasteiger partial charge in [-0.1, -0.05) is 0 Å². The fourth-order valence-corrected chi connectivity index (χ4v) is 1.42. The molecule has 12 heavy (non-hydrogen) atoms. The zero-order chi connectivity index (χ0) is 9.19. The molecule has 5 nitrogen and oxygen atoms in total. The van der Waals surface area contributed by atoms with Crippen molar-refractivity contribution in [1.82, 2.24) is 5.32 Å². The van der Waals surface area contributed by atoms with Crippen LogP contribution in [0.5, 0.6) is 0 Å². The van der Waals surface area contributed by atoms with Crippen LogP contribution in [0.2, 0.25) is 0 Å². The number of nitrogens with one attached hydrogen (secondary N) is 1. The molecule has 5 heteroatoms. The topological polar surface area (TPSA) is 98.2 Å². The molecule has 0 aromatic heterocycles. The van der Waals surface area contributed by atoms with Gasteiger partial charge in [-0.15, -0.1) is 0 Å². The summed E-state index contributed by atoms with van der Waals surface area (Å²) in [5.41, 5.74) is 10.1. The molecule has 1 fully saturated rings. The van der Waals surface area contributed by atoms with E-state index in [4.69, 9.17) is 11.5 Å². The summed E-state index contributed by atoms with van der Waals surface area (Å²) < 4.78 is 0. The van der Waals surface area contributed by atoms with Gasteiger partial charge in [0.2, 0.25) is 11.8 Å². The first kappa shape index (κ1) is 8.99. The highest BCUT2D eigenvalue weighted by molar-refractivity contribution is 5.81. The molecule has 1 aliphatic rings. The number of carbonyl (C=O) groups is 2. The Labute approximate surface area is 70.5 Å². The smallest absolute Gasteiger partial charge is 0.221 e. The Balaban J connectivity index is 2.57. The van der Waals surface area contributed by atoms with Gasteiger partial charge in [0.1, 0.15) is 0 Å². The average molecular weight is 171 g/mol. The first-order valence-electron chi connectivity index (χ1n) is 3.86. The van der Waals surface area contributed by atoms with Gasteiger partial charge in [-0.05, 0) is 6.42 Å². The van der Waals surface area contributed by atoms with Crippen molar-refractivity contribution in [2.75, 3.05) is 6.54 Å². The second-order valence-corrected chi connectivity index (χ2v) is 3.28. The molecule has 1 atom stereocenters. The van der Waals surface area contributed by atoms with Crippen LogP contribution in [0.25, 0.3) is 0 Å². The summed E-state index contributed by atoms with van der Waals surface area (Å²) >= 11 is 0. The van der Waals surface area contributed by atoms with E-state index in [1.54, 1.807) is 0 Å². The van der Waals surface area contributed by atoms with E-state index in [-0.39, 0.29) is 18.7 Å². The summed E-state index contributed by atoms with van der Waals surface area (Å²) in [6.45, 7) is 0.530. The lowest BCUT2D eigenvalue weighted by Gasteiger charge is -2.31. The molecule has 5 N–H and O–H groups in total. The van der Waals surface area contributed by atoms with Crippen LogP contribution in [0.4, 0.5) is 0 Å². The zero-order valence-corrected chi connectivity index (χ0v) is 6.80. The summed E-state index contributed by atoms with van der Waals surface area (Å²) in [7, 11) is 0. The predicted molar refractivity (Wildman–Crippen MR) is 43.0 cm³/mol. The van der Waals surface area contributed by atoms with E-state index in [0.29, 0.717) is 13.0 Å². The Morgan fingerprint density at radius 3 is 2.83 bits per heavy atom. The van der Waals surface area contributed by atoms with Crippen LogP contribution in [0.15, 0.2) is 0 Å². The minimum atomic E-state index is -0.714. The van der Waals surface area contributed by atoms with E-state index in [2.05, 4.69) is 5.32 Å². The van der Waals surface area contributed by atoms with Crippen LogP contribution in [0.3, 0.4) is 0 Å². The zero-order valence-electron chi connectivity index (χ0n) is 6.80. The molecule has 2 amide bonds. The second-order valence-electron chi connectivity index (χ2n) is 3.28. The number of primary amides is 1. The number of hydrogen-bond donors (Lipinski definition) is 3. The Bertz CT molecular complexity index is 213. The fourth-order valence-electron chi connectivity index (χ4n) is 1.42. The third kappa shape index (κ3) is 2.20. The number of rotatable bonds is 2. The number of amides is 2. The van der Waals surface area contributed by atoms with Crippen molar-refractivity contribution >= 4 is 11.8 Å². The summed E-state index contributed by atoms with van der Waals surface area (Å²) in [5.74, 6) is -0.558. The molecule has 68 valence electrons. The number of carbonyl (C=O) groups excluding carboxylic acids is 2. The van der Waals surface area contributed by atoms with Gasteiger partial charge >= 0.3 is 0 Å². The molecule has 0 radical (unpaired) electrons. The summed E-state index contributed by atoms with van der Waals surface area (Å²) in [6.07, 6.45) is 0.887. The molecule has 1 saturated heterocycles. The fraction of sp³-hybridized carbons (Fsp3) is 0.714. The molecule has 0 saturated carbocycles. The largest absolute Gasteiger partial charge is 0.370 e. The Hall–Kier alpha value is -1.10. The van der Waals surface area contributed by atoms with Crippen LogP contribution >= 0.6 is 0 Å². The highest BCUT2D eigenvalue weighted by Crippen LogP contribution is 2.18. The van der Waals surface area contributed by atoms with Gasteiger partial charge in [-0.25, -0.2) is 0 Å². The maximum Gasteiger partial charge on any atom is 0.221 e. The van der Waals surface area contributed by atoms with E-state index in [0.717, 1.165) is 0 Å². The van der Waals surface area contributed by atoms with Gasteiger partial charge in [0.05, 0.1) is 0 Å². The lowest BCUT2D eigenvalue weighted by atomic mass is 9.86. The SMILES string of the molecule is NC(=O)CC1(N)CCNC(=O)C1. The third-order valence-corrected chi connectivity index (χ3v) is 1.98. The first-order chi connectivity index (χ1) is 5.52. The normalized spacial score (nSPS) is 29.6. The van der Waals surface area contributed by atoms with Gasteiger partial charge in [0, 0.05) is 24.9 Å². The van der Waals surface area contributed by atoms with Crippen molar-refractivity contribution in [2.24, 2.45) is 11.5 Å². The van der Waals surface area contributed by atoms with Gasteiger partial charge in [-0.2, -0.15) is 0 Å². The van der Waals surface area contributed by atoms with Crippen LogP contribution < -0.4 is 16.8 Å². The third-order valence-electron chi connectivity index (χ3n) is 1.98. The molecular weight excluding hydrogens is 158 g/mol. The number of piperidine rings is 1. The lowest BCUT2D eigenvalue weighted by Crippen LogP contribution is -2.53. The average Bonchev–Trinajstić information content (AvgIpc) is 1.82. The minimum Gasteiger partial charge on any atom is -0.370 e.